The van der Waals surface area contributed by atoms with Crippen molar-refractivity contribution in [1.29, 1.82) is 0 Å². The highest BCUT2D eigenvalue weighted by molar-refractivity contribution is 5.71. The van der Waals surface area contributed by atoms with Crippen molar-refractivity contribution in [2.45, 2.75) is 138 Å². The number of nitrogens with one attached hydrogen (secondary N) is 2. The average molecular weight is 764 g/mol. The smallest absolute Gasteiger partial charge is 0.0560 e. The van der Waals surface area contributed by atoms with Crippen molar-refractivity contribution in [2.75, 3.05) is 44.7 Å². The van der Waals surface area contributed by atoms with Gasteiger partial charge < -0.3 is 4.90 Å². The topological polar surface area (TPSA) is 43.4 Å². The molecule has 3 heterocycles. The van der Waals surface area contributed by atoms with Crippen molar-refractivity contribution in [1.82, 2.24) is 20.7 Å². The molecule has 56 heavy (non-hydrogen) atoms. The number of hydrogen-bond donors (Lipinski definition) is 2. The number of benzene rings is 2. The third-order valence-corrected chi connectivity index (χ3v) is 11.1. The van der Waals surface area contributed by atoms with Gasteiger partial charge in [0.1, 0.15) is 0 Å². The highest BCUT2D eigenvalue weighted by atomic mass is 15.3. The Morgan fingerprint density at radius 3 is 2.32 bits per heavy atom. The van der Waals surface area contributed by atoms with Crippen molar-refractivity contribution in [3.05, 3.63) is 115 Å². The van der Waals surface area contributed by atoms with Gasteiger partial charge in [-0.2, -0.15) is 0 Å². The molecule has 1 aromatic heterocycles. The van der Waals surface area contributed by atoms with Crippen LogP contribution in [0.2, 0.25) is 0 Å². The maximum Gasteiger partial charge on any atom is 0.0560 e. The van der Waals surface area contributed by atoms with Gasteiger partial charge in [-0.05, 0) is 126 Å². The number of hydrogen-bond acceptors (Lipinski definition) is 5. The first-order chi connectivity index (χ1) is 27.0. The molecule has 2 aromatic carbocycles. The Balaban J connectivity index is 0.000000357. The van der Waals surface area contributed by atoms with Crippen molar-refractivity contribution in [3.8, 4) is 11.1 Å². The number of pyridine rings is 1. The van der Waals surface area contributed by atoms with Gasteiger partial charge in [0.05, 0.1) is 11.9 Å². The van der Waals surface area contributed by atoms with E-state index in [9.17, 15) is 0 Å². The van der Waals surface area contributed by atoms with Crippen LogP contribution in [0, 0.1) is 12.3 Å². The van der Waals surface area contributed by atoms with Crippen LogP contribution in [0.1, 0.15) is 135 Å². The van der Waals surface area contributed by atoms with Gasteiger partial charge in [0, 0.05) is 43.5 Å². The van der Waals surface area contributed by atoms with Gasteiger partial charge in [0.2, 0.25) is 0 Å². The molecule has 1 unspecified atom stereocenters. The number of anilines is 1. The van der Waals surface area contributed by atoms with Crippen LogP contribution in [0.3, 0.4) is 0 Å². The molecule has 3 aromatic rings. The molecule has 0 spiro atoms. The van der Waals surface area contributed by atoms with Gasteiger partial charge >= 0.3 is 0 Å². The Bertz CT molecular complexity index is 1550. The second kappa shape index (κ2) is 27.2. The summed E-state index contributed by atoms with van der Waals surface area (Å²) < 4.78 is 0. The molecule has 5 rings (SSSR count). The molecule has 0 bridgehead atoms. The molecule has 310 valence electrons. The fourth-order valence-corrected chi connectivity index (χ4v) is 7.82. The second-order valence-electron chi connectivity index (χ2n) is 16.5. The van der Waals surface area contributed by atoms with Gasteiger partial charge in [-0.3, -0.25) is 20.7 Å². The quantitative estimate of drug-likeness (QED) is 0.0814. The molecule has 5 nitrogen and oxygen atoms in total. The Labute approximate surface area is 345 Å². The minimum atomic E-state index is 0.301. The largest absolute Gasteiger partial charge is 0.367 e. The van der Waals surface area contributed by atoms with Crippen LogP contribution in [0.25, 0.3) is 16.7 Å². The summed E-state index contributed by atoms with van der Waals surface area (Å²) in [5, 5.41) is 0. The van der Waals surface area contributed by atoms with E-state index >= 15 is 0 Å². The SMILES string of the molecule is C=C.C=CCCC(C)(C)C/C(C)=C(/C)c1cc(N2CCN3CCCC3C2)cnc1CC.CCC.CNNCCCCCCc1cccc(-c2ccc(C)cc2)c1. The van der Waals surface area contributed by atoms with E-state index in [0.717, 1.165) is 44.9 Å². The van der Waals surface area contributed by atoms with E-state index in [-0.39, 0.29) is 0 Å². The number of hydrazine groups is 1. The van der Waals surface area contributed by atoms with Gasteiger partial charge in [-0.1, -0.05) is 120 Å². The van der Waals surface area contributed by atoms with Crippen LogP contribution in [-0.2, 0) is 12.8 Å². The molecule has 2 N–H and O–H groups in total. The number of aromatic nitrogens is 1. The third kappa shape index (κ3) is 16.9. The van der Waals surface area contributed by atoms with Crippen LogP contribution >= 0.6 is 0 Å². The Hall–Kier alpha value is -3.51. The standard InChI is InChI=1S/C26H41N3.C20H28N2.C3H8.C2H4/c1-7-9-12-26(5,6)17-20(3)21(4)24-16-23(18-27-25(24)8-2)29-15-14-28-13-10-11-22(28)19-29;1-17-11-13-19(14-12-17)20-10-7-9-18(16-20)8-5-3-4-6-15-22-21-2;1-3-2;1-2/h7,16,18,22H,1,8-15,17,19H2,2-6H3;7,9-14,16,21-22H,3-6,8,15H2,1-2H3;3H2,1-2H3;1-2H2/b21-20-;;;. The van der Waals surface area contributed by atoms with Gasteiger partial charge in [0.15, 0.2) is 0 Å². The summed E-state index contributed by atoms with van der Waals surface area (Å²) in [4.78, 5) is 10.1. The summed E-state index contributed by atoms with van der Waals surface area (Å²) in [6.45, 7) is 33.7. The molecular weight excluding hydrogens is 683 g/mol. The van der Waals surface area contributed by atoms with Crippen molar-refractivity contribution >= 4 is 11.3 Å². The van der Waals surface area contributed by atoms with Gasteiger partial charge in [0.25, 0.3) is 0 Å². The van der Waals surface area contributed by atoms with E-state index < -0.39 is 0 Å². The molecule has 2 aliphatic rings. The van der Waals surface area contributed by atoms with E-state index in [1.165, 1.54) is 121 Å². The average Bonchev–Trinajstić information content (AvgIpc) is 3.69. The van der Waals surface area contributed by atoms with Gasteiger partial charge in [-0.15, -0.1) is 19.7 Å². The van der Waals surface area contributed by atoms with E-state index in [1.54, 1.807) is 0 Å². The maximum absolute atomic E-state index is 4.90. The lowest BCUT2D eigenvalue weighted by atomic mass is 9.80. The Morgan fingerprint density at radius 2 is 1.64 bits per heavy atom. The second-order valence-corrected chi connectivity index (χ2v) is 16.5. The fourth-order valence-electron chi connectivity index (χ4n) is 7.82. The summed E-state index contributed by atoms with van der Waals surface area (Å²) in [6, 6.07) is 20.9. The van der Waals surface area contributed by atoms with E-state index in [1.807, 2.05) is 13.1 Å². The molecule has 2 aliphatic heterocycles. The molecule has 0 saturated carbocycles. The van der Waals surface area contributed by atoms with Gasteiger partial charge in [-0.25, -0.2) is 0 Å². The van der Waals surface area contributed by atoms with E-state index in [0.29, 0.717) is 5.41 Å². The predicted molar refractivity (Wildman–Crippen MR) is 250 cm³/mol. The van der Waals surface area contributed by atoms with E-state index in [4.69, 9.17) is 4.98 Å². The maximum atomic E-state index is 4.90. The van der Waals surface area contributed by atoms with Crippen molar-refractivity contribution in [2.24, 2.45) is 5.41 Å². The van der Waals surface area contributed by atoms with Crippen LogP contribution in [-0.4, -0.2) is 55.7 Å². The lowest BCUT2D eigenvalue weighted by molar-refractivity contribution is 0.231. The first-order valence-corrected chi connectivity index (χ1v) is 21.9. The monoisotopic (exact) mass is 764 g/mol. The summed E-state index contributed by atoms with van der Waals surface area (Å²) in [5.74, 6) is 0. The number of unbranched alkanes of at least 4 members (excludes halogenated alkanes) is 3. The molecule has 5 heteroatoms. The van der Waals surface area contributed by atoms with Crippen LogP contribution < -0.4 is 15.8 Å². The normalized spacial score (nSPS) is 15.6. The number of aryl methyl sites for hydroxylation is 3. The molecule has 2 fully saturated rings. The number of allylic oxidation sites excluding steroid dienone is 3. The lowest BCUT2D eigenvalue weighted by Gasteiger charge is -2.39. The Morgan fingerprint density at radius 1 is 0.929 bits per heavy atom. The first kappa shape index (κ1) is 48.6. The van der Waals surface area contributed by atoms with Crippen LogP contribution in [0.15, 0.2) is 92.2 Å². The first-order valence-electron chi connectivity index (χ1n) is 21.9. The molecule has 1 atom stereocenters. The highest BCUT2D eigenvalue weighted by Gasteiger charge is 2.31. The third-order valence-electron chi connectivity index (χ3n) is 11.1. The number of nitrogens with zero attached hydrogens (tertiary/aromatic N) is 3. The molecule has 0 radical (unpaired) electrons. The number of rotatable bonds is 17. The predicted octanol–water partition coefficient (Wildman–Crippen LogP) is 12.8. The fraction of sp³-hybridized carbons (Fsp3) is 0.549. The minimum absolute atomic E-state index is 0.301. The molecular formula is C51H81N5. The zero-order chi connectivity index (χ0) is 41.3. The van der Waals surface area contributed by atoms with Crippen LogP contribution in [0.4, 0.5) is 5.69 Å². The summed E-state index contributed by atoms with van der Waals surface area (Å²) in [6.07, 6.45) is 18.8. The van der Waals surface area contributed by atoms with Crippen LogP contribution in [0.5, 0.6) is 0 Å². The summed E-state index contributed by atoms with van der Waals surface area (Å²) in [7, 11) is 1.92. The zero-order valence-electron chi connectivity index (χ0n) is 37.4. The molecule has 0 aliphatic carbocycles. The lowest BCUT2D eigenvalue weighted by Crippen LogP contribution is -2.50. The molecule has 0 amide bonds. The highest BCUT2D eigenvalue weighted by Crippen LogP contribution is 2.35. The minimum Gasteiger partial charge on any atom is -0.367 e. The number of fused-ring (bicyclic) bond motifs is 1. The van der Waals surface area contributed by atoms with Crippen molar-refractivity contribution in [3.63, 3.8) is 0 Å². The van der Waals surface area contributed by atoms with Crippen molar-refractivity contribution < 1.29 is 0 Å². The molecule has 2 saturated heterocycles. The summed E-state index contributed by atoms with van der Waals surface area (Å²) >= 11 is 0. The van der Waals surface area contributed by atoms with E-state index in [2.05, 4.69) is 157 Å². The zero-order valence-corrected chi connectivity index (χ0v) is 37.4. The Kier molecular flexibility index (Phi) is 23.6. The summed E-state index contributed by atoms with van der Waals surface area (Å²) in [5.41, 5.74) is 18.6. The number of piperazine rings is 1.